The molecule has 148 valence electrons. The van der Waals surface area contributed by atoms with Gasteiger partial charge in [-0.15, -0.1) is 0 Å². The van der Waals surface area contributed by atoms with Crippen molar-refractivity contribution in [2.45, 2.75) is 31.2 Å². The molecule has 2 amide bonds. The van der Waals surface area contributed by atoms with Gasteiger partial charge in [0.05, 0.1) is 17.1 Å². The second kappa shape index (κ2) is 9.32. The number of nitrogens with one attached hydrogen (secondary N) is 2. The van der Waals surface area contributed by atoms with Crippen molar-refractivity contribution in [3.05, 3.63) is 72.3 Å². The molecule has 0 radical (unpaired) electrons. The maximum atomic E-state index is 12.5. The highest BCUT2D eigenvalue weighted by atomic mass is 32.2. The molecule has 0 heterocycles. The molecule has 0 aromatic heterocycles. The number of rotatable bonds is 8. The first-order valence-corrected chi connectivity index (χ1v) is 10.5. The van der Waals surface area contributed by atoms with Crippen molar-refractivity contribution in [3.63, 3.8) is 0 Å². The van der Waals surface area contributed by atoms with Crippen molar-refractivity contribution in [2.24, 2.45) is 0 Å². The minimum Gasteiger partial charge on any atom is -0.352 e. The van der Waals surface area contributed by atoms with Gasteiger partial charge in [-0.1, -0.05) is 36.4 Å². The molecule has 2 rings (SSSR count). The third kappa shape index (κ3) is 6.35. The molecule has 0 aliphatic carbocycles. The largest absolute Gasteiger partial charge is 0.352 e. The molecular formula is C21H24N2O4S. The van der Waals surface area contributed by atoms with Crippen LogP contribution in [0, 0.1) is 6.92 Å². The summed E-state index contributed by atoms with van der Waals surface area (Å²) in [6, 6.07) is 13.0. The van der Waals surface area contributed by atoms with Crippen molar-refractivity contribution in [1.29, 1.82) is 0 Å². The van der Waals surface area contributed by atoms with Crippen LogP contribution in [0.4, 0.5) is 5.69 Å². The lowest BCUT2D eigenvalue weighted by molar-refractivity contribution is -0.120. The summed E-state index contributed by atoms with van der Waals surface area (Å²) in [5.41, 5.74) is 2.24. The van der Waals surface area contributed by atoms with Crippen molar-refractivity contribution >= 4 is 27.3 Å². The number of hydrogen-bond acceptors (Lipinski definition) is 4. The van der Waals surface area contributed by atoms with Gasteiger partial charge >= 0.3 is 0 Å². The van der Waals surface area contributed by atoms with E-state index >= 15 is 0 Å². The van der Waals surface area contributed by atoms with E-state index in [4.69, 9.17) is 0 Å². The number of anilines is 1. The van der Waals surface area contributed by atoms with Crippen molar-refractivity contribution in [2.75, 3.05) is 11.1 Å². The highest BCUT2D eigenvalue weighted by Crippen LogP contribution is 2.14. The Morgan fingerprint density at radius 2 is 1.82 bits per heavy atom. The lowest BCUT2D eigenvalue weighted by Crippen LogP contribution is -2.38. The SMILES string of the molecule is C=CC(=O)Nc1cccc(CC(=O)NC(C)CS(=O)(=O)c2ccc(C)cc2)c1. The molecule has 28 heavy (non-hydrogen) atoms. The molecule has 0 saturated carbocycles. The molecular weight excluding hydrogens is 376 g/mol. The first kappa shape index (κ1) is 21.4. The third-order valence-electron chi connectivity index (χ3n) is 4.00. The van der Waals surface area contributed by atoms with Gasteiger partial charge in [0.15, 0.2) is 9.84 Å². The lowest BCUT2D eigenvalue weighted by Gasteiger charge is -2.15. The number of hydrogen-bond donors (Lipinski definition) is 2. The van der Waals surface area contributed by atoms with Crippen LogP contribution in [0.5, 0.6) is 0 Å². The monoisotopic (exact) mass is 400 g/mol. The molecule has 2 aromatic rings. The van der Waals surface area contributed by atoms with E-state index in [9.17, 15) is 18.0 Å². The van der Waals surface area contributed by atoms with Crippen LogP contribution < -0.4 is 10.6 Å². The Hall–Kier alpha value is -2.93. The minimum atomic E-state index is -3.49. The van der Waals surface area contributed by atoms with E-state index in [-0.39, 0.29) is 28.9 Å². The van der Waals surface area contributed by atoms with Crippen LogP contribution in [0.15, 0.2) is 66.1 Å². The molecule has 2 N–H and O–H groups in total. The number of sulfone groups is 1. The number of carbonyl (C=O) groups is 2. The first-order valence-electron chi connectivity index (χ1n) is 8.81. The fourth-order valence-electron chi connectivity index (χ4n) is 2.68. The molecule has 0 aliphatic heterocycles. The Bertz CT molecular complexity index is 966. The van der Waals surface area contributed by atoms with Gasteiger partial charge in [-0.2, -0.15) is 0 Å². The summed E-state index contributed by atoms with van der Waals surface area (Å²) < 4.78 is 24.9. The topological polar surface area (TPSA) is 92.3 Å². The van der Waals surface area contributed by atoms with E-state index in [1.54, 1.807) is 55.5 Å². The Kier molecular flexibility index (Phi) is 7.12. The molecule has 6 nitrogen and oxygen atoms in total. The van der Waals surface area contributed by atoms with Gasteiger partial charge in [-0.25, -0.2) is 8.42 Å². The maximum absolute atomic E-state index is 12.5. The highest BCUT2D eigenvalue weighted by Gasteiger charge is 2.19. The zero-order chi connectivity index (χ0) is 20.7. The van der Waals surface area contributed by atoms with Crippen molar-refractivity contribution in [1.82, 2.24) is 5.32 Å². The summed E-state index contributed by atoms with van der Waals surface area (Å²) in [4.78, 5) is 23.9. The van der Waals surface area contributed by atoms with Gasteiger partial charge in [-0.3, -0.25) is 9.59 Å². The molecule has 2 aromatic carbocycles. The quantitative estimate of drug-likeness (QED) is 0.667. The van der Waals surface area contributed by atoms with Crippen LogP contribution in [0.2, 0.25) is 0 Å². The average molecular weight is 401 g/mol. The Morgan fingerprint density at radius 1 is 1.14 bits per heavy atom. The number of aryl methyl sites for hydroxylation is 1. The summed E-state index contributed by atoms with van der Waals surface area (Å²) >= 11 is 0. The summed E-state index contributed by atoms with van der Waals surface area (Å²) in [6.07, 6.45) is 1.24. The van der Waals surface area contributed by atoms with E-state index in [0.29, 0.717) is 11.3 Å². The molecule has 0 saturated heterocycles. The first-order chi connectivity index (χ1) is 13.2. The second-order valence-electron chi connectivity index (χ2n) is 6.63. The molecule has 0 aliphatic rings. The van der Waals surface area contributed by atoms with Crippen LogP contribution in [0.25, 0.3) is 0 Å². The van der Waals surface area contributed by atoms with Gasteiger partial charge < -0.3 is 10.6 Å². The van der Waals surface area contributed by atoms with Gasteiger partial charge in [0.2, 0.25) is 11.8 Å². The fraction of sp³-hybridized carbons (Fsp3) is 0.238. The standard InChI is InChI=1S/C21H24N2O4S/c1-4-20(24)23-18-7-5-6-17(12-18)13-21(25)22-16(3)14-28(26,27)19-10-8-15(2)9-11-19/h4-12,16H,1,13-14H2,2-3H3,(H,22,25)(H,23,24). The summed E-state index contributed by atoms with van der Waals surface area (Å²) in [7, 11) is -3.49. The number of benzene rings is 2. The zero-order valence-electron chi connectivity index (χ0n) is 15.9. The van der Waals surface area contributed by atoms with Crippen LogP contribution in [-0.4, -0.2) is 32.0 Å². The van der Waals surface area contributed by atoms with E-state index in [1.807, 2.05) is 6.92 Å². The van der Waals surface area contributed by atoms with Crippen LogP contribution >= 0.6 is 0 Å². The molecule has 1 unspecified atom stereocenters. The fourth-order valence-corrected chi connectivity index (χ4v) is 4.16. The average Bonchev–Trinajstić information content (AvgIpc) is 2.61. The van der Waals surface area contributed by atoms with E-state index in [0.717, 1.165) is 11.6 Å². The minimum absolute atomic E-state index is 0.0761. The van der Waals surface area contributed by atoms with Gasteiger partial charge in [0, 0.05) is 11.7 Å². The lowest BCUT2D eigenvalue weighted by atomic mass is 10.1. The summed E-state index contributed by atoms with van der Waals surface area (Å²) in [5, 5.41) is 5.35. The normalized spacial score (nSPS) is 12.1. The van der Waals surface area contributed by atoms with E-state index in [2.05, 4.69) is 17.2 Å². The van der Waals surface area contributed by atoms with Crippen LogP contribution in [-0.2, 0) is 25.8 Å². The molecule has 1 atom stereocenters. The van der Waals surface area contributed by atoms with E-state index < -0.39 is 15.9 Å². The highest BCUT2D eigenvalue weighted by molar-refractivity contribution is 7.91. The van der Waals surface area contributed by atoms with Crippen molar-refractivity contribution < 1.29 is 18.0 Å². The van der Waals surface area contributed by atoms with Crippen molar-refractivity contribution in [3.8, 4) is 0 Å². The Morgan fingerprint density at radius 3 is 2.46 bits per heavy atom. The number of carbonyl (C=O) groups excluding carboxylic acids is 2. The third-order valence-corrected chi connectivity index (χ3v) is 5.93. The van der Waals surface area contributed by atoms with Crippen LogP contribution in [0.3, 0.4) is 0 Å². The van der Waals surface area contributed by atoms with Gasteiger partial charge in [-0.05, 0) is 49.8 Å². The molecule has 0 fully saturated rings. The molecule has 0 spiro atoms. The predicted molar refractivity (Wildman–Crippen MR) is 110 cm³/mol. The summed E-state index contributed by atoms with van der Waals surface area (Å²) in [6.45, 7) is 6.93. The Labute approximate surface area is 165 Å². The summed E-state index contributed by atoms with van der Waals surface area (Å²) in [5.74, 6) is -0.813. The smallest absolute Gasteiger partial charge is 0.247 e. The Balaban J connectivity index is 1.95. The predicted octanol–water partition coefficient (Wildman–Crippen LogP) is 2.64. The zero-order valence-corrected chi connectivity index (χ0v) is 16.8. The van der Waals surface area contributed by atoms with Crippen LogP contribution in [0.1, 0.15) is 18.1 Å². The number of amides is 2. The second-order valence-corrected chi connectivity index (χ2v) is 8.67. The molecule has 7 heteroatoms. The maximum Gasteiger partial charge on any atom is 0.247 e. The molecule has 0 bridgehead atoms. The van der Waals surface area contributed by atoms with Gasteiger partial charge in [0.1, 0.15) is 0 Å². The van der Waals surface area contributed by atoms with Gasteiger partial charge in [0.25, 0.3) is 0 Å². The van der Waals surface area contributed by atoms with E-state index in [1.165, 1.54) is 0 Å².